The van der Waals surface area contributed by atoms with Crippen LogP contribution in [0.2, 0.25) is 0 Å². The number of hydrogen-bond acceptors (Lipinski definition) is 3. The standard InChI is InChI=1S/C14H23NO2S/c1-10(2)15-8-13(16)9-18(17)14-7-11(3)5-6-12(14)4/h5-7,10,13,15-16H,8-9H2,1-4H3. The quantitative estimate of drug-likeness (QED) is 0.827. The van der Waals surface area contributed by atoms with E-state index in [2.05, 4.69) is 5.32 Å². The van der Waals surface area contributed by atoms with E-state index in [4.69, 9.17) is 0 Å². The molecule has 1 aromatic carbocycles. The summed E-state index contributed by atoms with van der Waals surface area (Å²) in [6.45, 7) is 8.46. The molecular formula is C14H23NO2S. The Balaban J connectivity index is 2.62. The highest BCUT2D eigenvalue weighted by molar-refractivity contribution is 7.85. The molecule has 1 rings (SSSR count). The molecule has 0 heterocycles. The zero-order chi connectivity index (χ0) is 13.7. The van der Waals surface area contributed by atoms with Crippen LogP contribution >= 0.6 is 0 Å². The highest BCUT2D eigenvalue weighted by Crippen LogP contribution is 2.15. The van der Waals surface area contributed by atoms with E-state index in [1.165, 1.54) is 0 Å². The Morgan fingerprint density at radius 1 is 1.33 bits per heavy atom. The van der Waals surface area contributed by atoms with Gasteiger partial charge in [-0.1, -0.05) is 26.0 Å². The fourth-order valence-electron chi connectivity index (χ4n) is 1.65. The minimum absolute atomic E-state index is 0.282. The van der Waals surface area contributed by atoms with Crippen LogP contribution in [0.25, 0.3) is 0 Å². The van der Waals surface area contributed by atoms with Gasteiger partial charge in [-0.15, -0.1) is 0 Å². The first-order valence-electron chi connectivity index (χ1n) is 6.27. The second-order valence-electron chi connectivity index (χ2n) is 5.00. The zero-order valence-corrected chi connectivity index (χ0v) is 12.4. The molecule has 2 N–H and O–H groups in total. The van der Waals surface area contributed by atoms with Gasteiger partial charge in [0.2, 0.25) is 0 Å². The van der Waals surface area contributed by atoms with Gasteiger partial charge in [-0.3, -0.25) is 4.21 Å². The number of aryl methyl sites for hydroxylation is 2. The van der Waals surface area contributed by atoms with Crippen molar-refractivity contribution in [1.29, 1.82) is 0 Å². The van der Waals surface area contributed by atoms with Crippen LogP contribution in [0.3, 0.4) is 0 Å². The van der Waals surface area contributed by atoms with E-state index in [9.17, 15) is 9.32 Å². The second kappa shape index (κ2) is 7.02. The summed E-state index contributed by atoms with van der Waals surface area (Å²) in [6, 6.07) is 6.25. The molecule has 0 aliphatic carbocycles. The van der Waals surface area contributed by atoms with Crippen LogP contribution in [0.1, 0.15) is 25.0 Å². The van der Waals surface area contributed by atoms with Gasteiger partial charge in [-0.25, -0.2) is 0 Å². The van der Waals surface area contributed by atoms with Crippen molar-refractivity contribution in [3.63, 3.8) is 0 Å². The lowest BCUT2D eigenvalue weighted by Gasteiger charge is -2.14. The van der Waals surface area contributed by atoms with E-state index >= 15 is 0 Å². The van der Waals surface area contributed by atoms with E-state index in [0.717, 1.165) is 16.0 Å². The SMILES string of the molecule is Cc1ccc(C)c(S(=O)CC(O)CNC(C)C)c1. The summed E-state index contributed by atoms with van der Waals surface area (Å²) < 4.78 is 12.2. The van der Waals surface area contributed by atoms with Crippen molar-refractivity contribution in [2.75, 3.05) is 12.3 Å². The molecule has 0 aliphatic heterocycles. The zero-order valence-electron chi connectivity index (χ0n) is 11.6. The maximum atomic E-state index is 12.2. The van der Waals surface area contributed by atoms with E-state index in [0.29, 0.717) is 12.6 Å². The molecule has 0 radical (unpaired) electrons. The van der Waals surface area contributed by atoms with Gasteiger partial charge in [0.1, 0.15) is 0 Å². The average molecular weight is 269 g/mol. The largest absolute Gasteiger partial charge is 0.391 e. The summed E-state index contributed by atoms with van der Waals surface area (Å²) in [5.74, 6) is 0.282. The fraction of sp³-hybridized carbons (Fsp3) is 0.571. The molecule has 2 atom stereocenters. The molecule has 3 nitrogen and oxygen atoms in total. The lowest BCUT2D eigenvalue weighted by Crippen LogP contribution is -2.34. The highest BCUT2D eigenvalue weighted by atomic mass is 32.2. The molecule has 4 heteroatoms. The van der Waals surface area contributed by atoms with Crippen molar-refractivity contribution >= 4 is 10.8 Å². The normalized spacial score (nSPS) is 14.8. The molecular weight excluding hydrogens is 246 g/mol. The Hall–Kier alpha value is -0.710. The Morgan fingerprint density at radius 3 is 2.61 bits per heavy atom. The minimum Gasteiger partial charge on any atom is -0.391 e. The Labute approximate surface area is 112 Å². The average Bonchev–Trinajstić information content (AvgIpc) is 2.29. The predicted molar refractivity (Wildman–Crippen MR) is 76.3 cm³/mol. The lowest BCUT2D eigenvalue weighted by molar-refractivity contribution is 0.191. The number of nitrogens with one attached hydrogen (secondary N) is 1. The minimum atomic E-state index is -1.14. The van der Waals surface area contributed by atoms with Gasteiger partial charge in [0.25, 0.3) is 0 Å². The van der Waals surface area contributed by atoms with E-state index in [1.807, 2.05) is 45.9 Å². The Kier molecular flexibility index (Phi) is 5.99. The summed E-state index contributed by atoms with van der Waals surface area (Å²) in [4.78, 5) is 0.832. The van der Waals surface area contributed by atoms with E-state index < -0.39 is 16.9 Å². The van der Waals surface area contributed by atoms with Crippen molar-refractivity contribution in [3.05, 3.63) is 29.3 Å². The molecule has 0 amide bonds. The number of aliphatic hydroxyl groups excluding tert-OH is 1. The van der Waals surface area contributed by atoms with Gasteiger partial charge in [-0.2, -0.15) is 0 Å². The summed E-state index contributed by atoms with van der Waals surface area (Å²) in [6.07, 6.45) is -0.576. The number of benzene rings is 1. The molecule has 1 aromatic rings. The molecule has 102 valence electrons. The summed E-state index contributed by atoms with van der Waals surface area (Å²) in [7, 11) is -1.14. The molecule has 2 unspecified atom stereocenters. The van der Waals surface area contributed by atoms with Crippen molar-refractivity contribution in [1.82, 2.24) is 5.32 Å². The maximum absolute atomic E-state index is 12.2. The highest BCUT2D eigenvalue weighted by Gasteiger charge is 2.13. The Bertz CT molecular complexity index is 418. The molecule has 0 fully saturated rings. The summed E-state index contributed by atoms with van der Waals surface area (Å²) in [5.41, 5.74) is 2.11. The third kappa shape index (κ3) is 4.88. The van der Waals surface area contributed by atoms with Crippen LogP contribution in [0.5, 0.6) is 0 Å². The van der Waals surface area contributed by atoms with Gasteiger partial charge < -0.3 is 10.4 Å². The van der Waals surface area contributed by atoms with Crippen LogP contribution in [-0.2, 0) is 10.8 Å². The predicted octanol–water partition coefficient (Wildman–Crippen LogP) is 1.77. The molecule has 0 saturated heterocycles. The topological polar surface area (TPSA) is 49.3 Å². The number of rotatable bonds is 6. The van der Waals surface area contributed by atoms with Crippen LogP contribution in [0.4, 0.5) is 0 Å². The monoisotopic (exact) mass is 269 g/mol. The van der Waals surface area contributed by atoms with E-state index in [-0.39, 0.29) is 5.75 Å². The first-order valence-corrected chi connectivity index (χ1v) is 7.59. The second-order valence-corrected chi connectivity index (χ2v) is 6.46. The van der Waals surface area contributed by atoms with Crippen molar-refractivity contribution in [3.8, 4) is 0 Å². The van der Waals surface area contributed by atoms with Gasteiger partial charge in [0, 0.05) is 17.5 Å². The fourth-order valence-corrected chi connectivity index (χ4v) is 3.04. The van der Waals surface area contributed by atoms with E-state index in [1.54, 1.807) is 0 Å². The summed E-state index contributed by atoms with van der Waals surface area (Å²) in [5, 5.41) is 13.0. The number of aliphatic hydroxyl groups is 1. The van der Waals surface area contributed by atoms with Crippen LogP contribution < -0.4 is 5.32 Å². The third-order valence-electron chi connectivity index (χ3n) is 2.69. The summed E-state index contributed by atoms with van der Waals surface area (Å²) >= 11 is 0. The van der Waals surface area contributed by atoms with Crippen LogP contribution in [0, 0.1) is 13.8 Å². The molecule has 0 saturated carbocycles. The first-order chi connectivity index (χ1) is 8.40. The first kappa shape index (κ1) is 15.3. The van der Waals surface area contributed by atoms with Crippen LogP contribution in [-0.4, -0.2) is 33.8 Å². The van der Waals surface area contributed by atoms with Gasteiger partial charge in [0.15, 0.2) is 0 Å². The maximum Gasteiger partial charge on any atom is 0.0783 e. The van der Waals surface area contributed by atoms with Gasteiger partial charge >= 0.3 is 0 Å². The van der Waals surface area contributed by atoms with Crippen molar-refractivity contribution < 1.29 is 9.32 Å². The molecule has 0 bridgehead atoms. The smallest absolute Gasteiger partial charge is 0.0783 e. The number of hydrogen-bond donors (Lipinski definition) is 2. The molecule has 0 aromatic heterocycles. The Morgan fingerprint density at radius 2 is 2.00 bits per heavy atom. The van der Waals surface area contributed by atoms with Crippen molar-refractivity contribution in [2.45, 2.75) is 44.7 Å². The lowest BCUT2D eigenvalue weighted by atomic mass is 10.2. The van der Waals surface area contributed by atoms with Gasteiger partial charge in [-0.05, 0) is 31.0 Å². The molecule has 0 aliphatic rings. The van der Waals surface area contributed by atoms with Crippen molar-refractivity contribution in [2.24, 2.45) is 0 Å². The molecule has 0 spiro atoms. The third-order valence-corrected chi connectivity index (χ3v) is 4.31. The molecule has 18 heavy (non-hydrogen) atoms. The van der Waals surface area contributed by atoms with Crippen LogP contribution in [0.15, 0.2) is 23.1 Å². The van der Waals surface area contributed by atoms with Gasteiger partial charge in [0.05, 0.1) is 22.7 Å².